The Bertz CT molecular complexity index is 918. The molecule has 126 valence electrons. The zero-order valence-corrected chi connectivity index (χ0v) is 14.1. The van der Waals surface area contributed by atoms with Crippen molar-refractivity contribution in [3.63, 3.8) is 0 Å². The van der Waals surface area contributed by atoms with Gasteiger partial charge in [-0.25, -0.2) is 13.4 Å². The van der Waals surface area contributed by atoms with Gasteiger partial charge in [-0.3, -0.25) is 10.1 Å². The van der Waals surface area contributed by atoms with Crippen molar-refractivity contribution in [1.29, 1.82) is 0 Å². The lowest BCUT2D eigenvalue weighted by Crippen LogP contribution is -2.39. The van der Waals surface area contributed by atoms with Crippen LogP contribution in [0.15, 0.2) is 51.0 Å². The number of nitrogens with zero attached hydrogens (tertiary/aromatic N) is 2. The van der Waals surface area contributed by atoms with Crippen molar-refractivity contribution in [3.05, 3.63) is 46.6 Å². The molecule has 0 aromatic heterocycles. The topological polar surface area (TPSA) is 119 Å². The van der Waals surface area contributed by atoms with Gasteiger partial charge < -0.3 is 14.5 Å². The highest BCUT2D eigenvalue weighted by Gasteiger charge is 2.34. The largest absolute Gasteiger partial charge is 0.505 e. The summed E-state index contributed by atoms with van der Waals surface area (Å²) in [5.41, 5.74) is 0.394. The number of aliphatic imine (C=N–C) groups is 1. The van der Waals surface area contributed by atoms with Crippen LogP contribution < -0.4 is 5.32 Å². The molecule has 24 heavy (non-hydrogen) atoms. The molecule has 0 saturated heterocycles. The molecule has 3 rings (SSSR count). The molecule has 2 heterocycles. The summed E-state index contributed by atoms with van der Waals surface area (Å²) in [4.78, 5) is 16.5. The summed E-state index contributed by atoms with van der Waals surface area (Å²) in [6.45, 7) is -0.706. The molecule has 0 aliphatic carbocycles. The normalized spacial score (nSPS) is 18.8. The molecule has 0 atom stereocenters. The number of sulfone groups is 1. The SMILES string of the molecule is CN1Sc2ccccc2C(O)=C1C(=O)NC1=NC=C(CO)S1(=O)=O. The van der Waals surface area contributed by atoms with E-state index in [2.05, 4.69) is 10.3 Å². The number of benzene rings is 1. The molecule has 0 spiro atoms. The molecule has 3 N–H and O–H groups in total. The number of aliphatic hydroxyl groups excluding tert-OH is 2. The molecular weight excluding hydrogens is 354 g/mol. The summed E-state index contributed by atoms with van der Waals surface area (Å²) in [7, 11) is -2.43. The maximum atomic E-state index is 12.5. The first-order valence-electron chi connectivity index (χ1n) is 6.74. The Morgan fingerprint density at radius 3 is 2.75 bits per heavy atom. The van der Waals surface area contributed by atoms with Gasteiger partial charge in [0.1, 0.15) is 0 Å². The van der Waals surface area contributed by atoms with Crippen LogP contribution in [-0.2, 0) is 14.6 Å². The highest BCUT2D eigenvalue weighted by molar-refractivity contribution is 8.10. The third-order valence-corrected chi connectivity index (χ3v) is 6.08. The van der Waals surface area contributed by atoms with Gasteiger partial charge in [-0.2, -0.15) is 0 Å². The Hall–Kier alpha value is -2.30. The van der Waals surface area contributed by atoms with Crippen LogP contribution in [0.5, 0.6) is 0 Å². The van der Waals surface area contributed by atoms with E-state index >= 15 is 0 Å². The number of carbonyl (C=O) groups is 1. The number of carbonyl (C=O) groups excluding carboxylic acids is 1. The van der Waals surface area contributed by atoms with Crippen LogP contribution in [0.25, 0.3) is 5.76 Å². The van der Waals surface area contributed by atoms with Gasteiger partial charge in [-0.05, 0) is 24.1 Å². The Morgan fingerprint density at radius 1 is 1.38 bits per heavy atom. The van der Waals surface area contributed by atoms with Crippen LogP contribution in [0.3, 0.4) is 0 Å². The smallest absolute Gasteiger partial charge is 0.278 e. The first kappa shape index (κ1) is 16.6. The van der Waals surface area contributed by atoms with E-state index in [1.807, 2.05) is 0 Å². The number of aliphatic hydroxyl groups is 2. The summed E-state index contributed by atoms with van der Waals surface area (Å²) in [6.07, 6.45) is 0.980. The summed E-state index contributed by atoms with van der Waals surface area (Å²) < 4.78 is 25.5. The number of hydrogen-bond donors (Lipinski definition) is 3. The molecule has 0 radical (unpaired) electrons. The van der Waals surface area contributed by atoms with Crippen LogP contribution >= 0.6 is 11.9 Å². The van der Waals surface area contributed by atoms with E-state index < -0.39 is 27.5 Å². The molecule has 0 unspecified atom stereocenters. The van der Waals surface area contributed by atoms with E-state index in [9.17, 15) is 18.3 Å². The van der Waals surface area contributed by atoms with Crippen molar-refractivity contribution in [2.75, 3.05) is 13.7 Å². The van der Waals surface area contributed by atoms with E-state index in [1.165, 1.54) is 16.3 Å². The number of hydrogen-bond acceptors (Lipinski definition) is 8. The molecule has 2 aliphatic heterocycles. The fourth-order valence-corrected chi connectivity index (χ4v) is 4.22. The minimum Gasteiger partial charge on any atom is -0.505 e. The molecule has 1 aromatic carbocycles. The van der Waals surface area contributed by atoms with Gasteiger partial charge in [0.05, 0.1) is 11.5 Å². The number of rotatable bonds is 2. The van der Waals surface area contributed by atoms with Gasteiger partial charge in [0.25, 0.3) is 5.91 Å². The van der Waals surface area contributed by atoms with Crippen molar-refractivity contribution in [3.8, 4) is 0 Å². The third kappa shape index (κ3) is 2.58. The van der Waals surface area contributed by atoms with E-state index in [0.29, 0.717) is 5.56 Å². The fraction of sp³-hybridized carbons (Fsp3) is 0.143. The van der Waals surface area contributed by atoms with Crippen LogP contribution in [0.1, 0.15) is 5.56 Å². The first-order chi connectivity index (χ1) is 11.4. The second-order valence-corrected chi connectivity index (χ2v) is 8.02. The van der Waals surface area contributed by atoms with Crippen LogP contribution in [0, 0.1) is 0 Å². The van der Waals surface area contributed by atoms with Crippen molar-refractivity contribution in [2.24, 2.45) is 4.99 Å². The second-order valence-electron chi connectivity index (χ2n) is 4.93. The Kier molecular flexibility index (Phi) is 4.11. The third-order valence-electron chi connectivity index (χ3n) is 3.43. The van der Waals surface area contributed by atoms with E-state index in [0.717, 1.165) is 11.1 Å². The Morgan fingerprint density at radius 2 is 2.08 bits per heavy atom. The molecule has 2 aliphatic rings. The summed E-state index contributed by atoms with van der Waals surface area (Å²) >= 11 is 1.23. The van der Waals surface area contributed by atoms with Gasteiger partial charge in [-0.15, -0.1) is 0 Å². The Balaban J connectivity index is 1.92. The van der Waals surface area contributed by atoms with Crippen molar-refractivity contribution < 1.29 is 23.4 Å². The van der Waals surface area contributed by atoms with Gasteiger partial charge in [-0.1, -0.05) is 12.1 Å². The maximum absolute atomic E-state index is 12.5. The number of amides is 1. The average molecular weight is 367 g/mol. The zero-order valence-electron chi connectivity index (χ0n) is 12.4. The average Bonchev–Trinajstić information content (AvgIpc) is 2.81. The van der Waals surface area contributed by atoms with E-state index in [-0.39, 0.29) is 16.4 Å². The van der Waals surface area contributed by atoms with Crippen molar-refractivity contribution >= 4 is 38.6 Å². The fourth-order valence-electron chi connectivity index (χ4n) is 2.24. The van der Waals surface area contributed by atoms with Gasteiger partial charge >= 0.3 is 0 Å². The standard InChI is InChI=1S/C14H13N3O5S2/c1-17-11(12(19)9-4-2-3-5-10(9)23-17)13(20)16-14-15-6-8(7-18)24(14,21)22/h2-6,18-19H,7H2,1H3,(H,15,16,20). The number of likely N-dealkylation sites (N-methyl/N-ethyl adjacent to an activating group) is 1. The van der Waals surface area contributed by atoms with Gasteiger partial charge in [0.15, 0.2) is 11.5 Å². The maximum Gasteiger partial charge on any atom is 0.278 e. The minimum atomic E-state index is -4.01. The number of nitrogens with one attached hydrogen (secondary N) is 1. The predicted molar refractivity (Wildman–Crippen MR) is 89.3 cm³/mol. The number of amidine groups is 1. The highest BCUT2D eigenvalue weighted by atomic mass is 32.2. The molecule has 1 amide bonds. The molecule has 0 fully saturated rings. The summed E-state index contributed by atoms with van der Waals surface area (Å²) in [6, 6.07) is 6.98. The quantitative estimate of drug-likeness (QED) is 0.655. The van der Waals surface area contributed by atoms with Crippen molar-refractivity contribution in [1.82, 2.24) is 9.62 Å². The Labute approximate surface area is 142 Å². The molecule has 8 nitrogen and oxygen atoms in total. The van der Waals surface area contributed by atoms with Crippen LogP contribution in [0.2, 0.25) is 0 Å². The summed E-state index contributed by atoms with van der Waals surface area (Å²) in [5.74, 6) is -1.07. The summed E-state index contributed by atoms with van der Waals surface area (Å²) in [5, 5.41) is 21.0. The molecule has 10 heteroatoms. The van der Waals surface area contributed by atoms with E-state index in [1.54, 1.807) is 31.3 Å². The van der Waals surface area contributed by atoms with Crippen LogP contribution in [0.4, 0.5) is 0 Å². The first-order valence-corrected chi connectivity index (χ1v) is 9.00. The van der Waals surface area contributed by atoms with Crippen LogP contribution in [-0.4, -0.2) is 47.7 Å². The van der Waals surface area contributed by atoms with E-state index in [4.69, 9.17) is 5.11 Å². The molecule has 0 saturated carbocycles. The monoisotopic (exact) mass is 367 g/mol. The number of fused-ring (bicyclic) bond motifs is 1. The second kappa shape index (κ2) is 5.96. The zero-order chi connectivity index (χ0) is 17.5. The van der Waals surface area contributed by atoms with Gasteiger partial charge in [0.2, 0.25) is 15.0 Å². The molecular formula is C14H13N3O5S2. The molecule has 0 bridgehead atoms. The lowest BCUT2D eigenvalue weighted by molar-refractivity contribution is -0.117. The van der Waals surface area contributed by atoms with Gasteiger partial charge in [0, 0.05) is 23.7 Å². The lowest BCUT2D eigenvalue weighted by Gasteiger charge is -2.27. The molecule has 1 aromatic rings. The lowest BCUT2D eigenvalue weighted by atomic mass is 10.1. The van der Waals surface area contributed by atoms with Crippen molar-refractivity contribution in [2.45, 2.75) is 4.90 Å². The predicted octanol–water partition coefficient (Wildman–Crippen LogP) is 0.600. The highest BCUT2D eigenvalue weighted by Crippen LogP contribution is 2.38. The minimum absolute atomic E-state index is 0.0888.